The molecule has 1 heterocycles. The molecule has 7 heteroatoms. The Balaban J connectivity index is 2.19. The maximum absolute atomic E-state index is 11.4. The number of hydrogen-bond acceptors (Lipinski definition) is 6. The number of para-hydroxylation sites is 1. The highest BCUT2D eigenvalue weighted by molar-refractivity contribution is 6.63. The number of carbonyl (C=O) groups is 1. The van der Waals surface area contributed by atoms with Gasteiger partial charge in [0.25, 0.3) is 0 Å². The smallest absolute Gasteiger partial charge is 0.467 e. The van der Waals surface area contributed by atoms with Crippen LogP contribution in [0.5, 0.6) is 5.75 Å². The predicted octanol–water partition coefficient (Wildman–Crippen LogP) is 1.80. The molecule has 0 saturated carbocycles. The van der Waals surface area contributed by atoms with Crippen LogP contribution in [0.15, 0.2) is 18.2 Å². The van der Waals surface area contributed by atoms with E-state index in [1.807, 2.05) is 33.8 Å². The standard InChI is InChI=1S/C17H25BO6/c1-16(2)17(3,4)24-18(23-16)14-8-6-7-13(11-19)15(14)22-12-21-10-9-20-5/h6-8,11H,9-10,12H2,1-5H3. The van der Waals surface area contributed by atoms with Crippen LogP contribution in [0.2, 0.25) is 0 Å². The molecule has 0 atom stereocenters. The molecule has 1 aliphatic rings. The fourth-order valence-electron chi connectivity index (χ4n) is 2.29. The van der Waals surface area contributed by atoms with Gasteiger partial charge in [-0.05, 0) is 33.8 Å². The molecular formula is C17H25BO6. The van der Waals surface area contributed by atoms with Crippen molar-refractivity contribution in [1.29, 1.82) is 0 Å². The molecule has 2 rings (SSSR count). The van der Waals surface area contributed by atoms with Gasteiger partial charge >= 0.3 is 7.12 Å². The summed E-state index contributed by atoms with van der Waals surface area (Å²) in [5.41, 5.74) is 0.161. The Morgan fingerprint density at radius 2 is 1.79 bits per heavy atom. The van der Waals surface area contributed by atoms with Crippen LogP contribution in [0, 0.1) is 0 Å². The molecule has 1 aromatic carbocycles. The Morgan fingerprint density at radius 3 is 2.38 bits per heavy atom. The molecule has 132 valence electrons. The van der Waals surface area contributed by atoms with E-state index in [9.17, 15) is 4.79 Å². The van der Waals surface area contributed by atoms with Crippen LogP contribution in [-0.4, -0.2) is 51.7 Å². The SMILES string of the molecule is COCCOCOc1c(C=O)cccc1B1OC(C)(C)C(C)(C)O1. The Hall–Kier alpha value is -1.41. The molecule has 0 N–H and O–H groups in total. The second-order valence-corrected chi connectivity index (χ2v) is 6.63. The van der Waals surface area contributed by atoms with Gasteiger partial charge in [-0.2, -0.15) is 0 Å². The van der Waals surface area contributed by atoms with Crippen molar-refractivity contribution < 1.29 is 28.3 Å². The summed E-state index contributed by atoms with van der Waals surface area (Å²) in [6.45, 7) is 8.81. The number of carbonyl (C=O) groups excluding carboxylic acids is 1. The van der Waals surface area contributed by atoms with Crippen molar-refractivity contribution in [2.45, 2.75) is 38.9 Å². The highest BCUT2D eigenvalue weighted by atomic mass is 16.7. The molecule has 24 heavy (non-hydrogen) atoms. The fourth-order valence-corrected chi connectivity index (χ4v) is 2.29. The average molecular weight is 336 g/mol. The Morgan fingerprint density at radius 1 is 1.12 bits per heavy atom. The lowest BCUT2D eigenvalue weighted by Gasteiger charge is -2.32. The summed E-state index contributed by atoms with van der Waals surface area (Å²) in [5.74, 6) is 0.420. The normalized spacial score (nSPS) is 18.6. The zero-order valence-electron chi connectivity index (χ0n) is 15.0. The average Bonchev–Trinajstić information content (AvgIpc) is 2.75. The Kier molecular flexibility index (Phi) is 6.04. The van der Waals surface area contributed by atoms with Gasteiger partial charge in [-0.15, -0.1) is 0 Å². The summed E-state index contributed by atoms with van der Waals surface area (Å²) >= 11 is 0. The monoisotopic (exact) mass is 336 g/mol. The summed E-state index contributed by atoms with van der Waals surface area (Å²) in [6, 6.07) is 5.30. The minimum absolute atomic E-state index is 0.0146. The first-order valence-corrected chi connectivity index (χ1v) is 7.95. The van der Waals surface area contributed by atoms with E-state index >= 15 is 0 Å². The topological polar surface area (TPSA) is 63.2 Å². The van der Waals surface area contributed by atoms with E-state index in [0.29, 0.717) is 30.0 Å². The molecule has 1 aliphatic heterocycles. The molecule has 0 amide bonds. The van der Waals surface area contributed by atoms with Gasteiger partial charge in [0.15, 0.2) is 13.1 Å². The maximum Gasteiger partial charge on any atom is 0.498 e. The van der Waals surface area contributed by atoms with Crippen LogP contribution < -0.4 is 10.2 Å². The van der Waals surface area contributed by atoms with Crippen molar-refractivity contribution in [2.24, 2.45) is 0 Å². The number of benzene rings is 1. The lowest BCUT2D eigenvalue weighted by Crippen LogP contribution is -2.41. The number of rotatable bonds is 8. The highest BCUT2D eigenvalue weighted by Gasteiger charge is 2.52. The first-order valence-electron chi connectivity index (χ1n) is 7.95. The van der Waals surface area contributed by atoms with Crippen molar-refractivity contribution in [3.05, 3.63) is 23.8 Å². The minimum atomic E-state index is -0.608. The van der Waals surface area contributed by atoms with Crippen LogP contribution >= 0.6 is 0 Å². The van der Waals surface area contributed by atoms with Gasteiger partial charge in [-0.1, -0.05) is 12.1 Å². The summed E-state index contributed by atoms with van der Waals surface area (Å²) in [6.07, 6.45) is 0.749. The minimum Gasteiger partial charge on any atom is -0.467 e. The number of aldehydes is 1. The van der Waals surface area contributed by atoms with Gasteiger partial charge in [-0.25, -0.2) is 0 Å². The largest absolute Gasteiger partial charge is 0.498 e. The first kappa shape index (κ1) is 18.9. The maximum atomic E-state index is 11.4. The van der Waals surface area contributed by atoms with Gasteiger partial charge in [0.2, 0.25) is 0 Å². The summed E-state index contributed by atoms with van der Waals surface area (Å²) < 4.78 is 28.0. The molecule has 0 unspecified atom stereocenters. The van der Waals surface area contributed by atoms with Gasteiger partial charge in [0.1, 0.15) is 5.75 Å². The van der Waals surface area contributed by atoms with Crippen molar-refractivity contribution >= 4 is 18.9 Å². The summed E-state index contributed by atoms with van der Waals surface area (Å²) in [4.78, 5) is 11.4. The predicted molar refractivity (Wildman–Crippen MR) is 90.9 cm³/mol. The molecule has 0 bridgehead atoms. The molecule has 1 saturated heterocycles. The third-order valence-electron chi connectivity index (χ3n) is 4.43. The van der Waals surface area contributed by atoms with E-state index in [4.69, 9.17) is 23.5 Å². The Labute approximate surface area is 143 Å². The zero-order chi connectivity index (χ0) is 17.8. The zero-order valence-corrected chi connectivity index (χ0v) is 15.0. The number of methoxy groups -OCH3 is 1. The quantitative estimate of drug-likeness (QED) is 0.312. The molecule has 6 nitrogen and oxygen atoms in total. The number of ether oxygens (including phenoxy) is 3. The van der Waals surface area contributed by atoms with Crippen molar-refractivity contribution in [1.82, 2.24) is 0 Å². The third-order valence-corrected chi connectivity index (χ3v) is 4.43. The highest BCUT2D eigenvalue weighted by Crippen LogP contribution is 2.37. The Bertz CT molecular complexity index is 556. The van der Waals surface area contributed by atoms with Gasteiger partial charge in [-0.3, -0.25) is 4.79 Å². The number of hydrogen-bond donors (Lipinski definition) is 0. The van der Waals surface area contributed by atoms with Crippen LogP contribution in [0.1, 0.15) is 38.1 Å². The van der Waals surface area contributed by atoms with Crippen molar-refractivity contribution in [3.63, 3.8) is 0 Å². The van der Waals surface area contributed by atoms with Gasteiger partial charge in [0, 0.05) is 12.6 Å². The van der Waals surface area contributed by atoms with Gasteiger partial charge < -0.3 is 23.5 Å². The third kappa shape index (κ3) is 3.98. The van der Waals surface area contributed by atoms with E-state index in [1.165, 1.54) is 0 Å². The molecule has 0 radical (unpaired) electrons. The van der Waals surface area contributed by atoms with E-state index in [0.717, 1.165) is 6.29 Å². The molecule has 1 aromatic rings. The molecule has 0 aliphatic carbocycles. The van der Waals surface area contributed by atoms with Crippen molar-refractivity contribution in [2.75, 3.05) is 27.1 Å². The van der Waals surface area contributed by atoms with Crippen LogP contribution in [0.3, 0.4) is 0 Å². The molecular weight excluding hydrogens is 311 g/mol. The van der Waals surface area contributed by atoms with E-state index in [2.05, 4.69) is 0 Å². The van der Waals surface area contributed by atoms with Crippen LogP contribution in [0.25, 0.3) is 0 Å². The molecule has 0 aromatic heterocycles. The molecule has 0 spiro atoms. The van der Waals surface area contributed by atoms with E-state index in [-0.39, 0.29) is 6.79 Å². The lowest BCUT2D eigenvalue weighted by molar-refractivity contribution is -0.00831. The van der Waals surface area contributed by atoms with Gasteiger partial charge in [0.05, 0.1) is 30.0 Å². The van der Waals surface area contributed by atoms with Crippen LogP contribution in [-0.2, 0) is 18.8 Å². The van der Waals surface area contributed by atoms with E-state index in [1.54, 1.807) is 19.2 Å². The fraction of sp³-hybridized carbons (Fsp3) is 0.588. The second-order valence-electron chi connectivity index (χ2n) is 6.63. The van der Waals surface area contributed by atoms with Crippen LogP contribution in [0.4, 0.5) is 0 Å². The lowest BCUT2D eigenvalue weighted by atomic mass is 9.77. The van der Waals surface area contributed by atoms with Crippen molar-refractivity contribution in [3.8, 4) is 5.75 Å². The molecule has 1 fully saturated rings. The summed E-state index contributed by atoms with van der Waals surface area (Å²) in [5, 5.41) is 0. The van der Waals surface area contributed by atoms with E-state index < -0.39 is 18.3 Å². The second kappa shape index (κ2) is 7.65. The summed E-state index contributed by atoms with van der Waals surface area (Å²) in [7, 11) is 0.992. The first-order chi connectivity index (χ1) is 11.3.